The molecule has 44 nitrogen and oxygen atoms in total. The van der Waals surface area contributed by atoms with Crippen molar-refractivity contribution >= 4 is 188 Å². The number of hydrogen-bond acceptors (Lipinski definition) is 49. The van der Waals surface area contributed by atoms with Crippen LogP contribution in [0.2, 0.25) is 0 Å². The molecule has 6 aliphatic rings. The van der Waals surface area contributed by atoms with Gasteiger partial charge in [0.15, 0.2) is 90.5 Å². The molecular formula is C74H99BrO44S5. The molecule has 0 aromatic carbocycles. The van der Waals surface area contributed by atoms with E-state index >= 15 is 0 Å². The van der Waals surface area contributed by atoms with E-state index in [4.69, 9.17) is 118 Å². The first-order valence-corrected chi connectivity index (χ1v) is 43.9. The van der Waals surface area contributed by atoms with Crippen LogP contribution in [0.15, 0.2) is 0 Å². The van der Waals surface area contributed by atoms with Crippen LogP contribution in [0.4, 0.5) is 0 Å². The average molecular weight is 1930 g/mol. The second-order valence-electron chi connectivity index (χ2n) is 28.0. The summed E-state index contributed by atoms with van der Waals surface area (Å²) in [5, 5.41) is -4.78. The fourth-order valence-corrected chi connectivity index (χ4v) is 21.6. The Hall–Kier alpha value is -8.08. The quantitative estimate of drug-likeness (QED) is 0.0495. The number of carbonyl (C=O) groups is 19. The molecule has 0 saturated carbocycles. The van der Waals surface area contributed by atoms with Crippen LogP contribution < -0.4 is 0 Å². The van der Waals surface area contributed by atoms with Crippen LogP contribution in [0.1, 0.15) is 132 Å². The lowest BCUT2D eigenvalue weighted by molar-refractivity contribution is -0.238. The number of halogens is 1. The van der Waals surface area contributed by atoms with E-state index in [1.54, 1.807) is 0 Å². The molecule has 6 saturated heterocycles. The van der Waals surface area contributed by atoms with Gasteiger partial charge in [0.25, 0.3) is 0 Å². The molecule has 0 N–H and O–H groups in total. The third-order valence-corrected chi connectivity index (χ3v) is 25.0. The van der Waals surface area contributed by atoms with E-state index in [0.29, 0.717) is 47.0 Å². The maximum atomic E-state index is 14.1. The largest absolute Gasteiger partial charge is 0.463 e. The van der Waals surface area contributed by atoms with Crippen molar-refractivity contribution in [1.29, 1.82) is 0 Å². The van der Waals surface area contributed by atoms with Crippen LogP contribution >= 0.6 is 74.7 Å². The van der Waals surface area contributed by atoms with Gasteiger partial charge in [0, 0.05) is 149 Å². The highest BCUT2D eigenvalue weighted by molar-refractivity contribution is 9.09. The highest BCUT2D eigenvalue weighted by Gasteiger charge is 2.62. The standard InChI is InChI=1S/C74H99BrO44S5/c1-26(76)95-20-45-51(98-29(4)79)58(105-36(11)86)62(109-40(15)90)70(115-45)120-24-49-55(102-33(8)83)67(123-73-63(110-41(16)91)59(106-37(12)87)52(99-30(5)80)46(116-73)21-96-27(2)77)66(113-44(19)94)72(118-49)122-25-50-56(103-34(9)84)68(124-74-64(111-42(17)92)60(107-38(13)88)53(100-31(6)81)47(117-74)22-97-28(3)78)65(112-43(18)93)71(119-50)121-23-48-54(101-32(7)82)57(104-35(10)85)61(69(75)114-48)108-39(14)89/h45-74H,20-25H2,1-19H3/t45-,46-,47-,48-,49-,50-,51-,52-,53-,54-,55-,56-,57+,58+,59+,60+,61-,62-,63-,64-,65-,66-,67+,68+,69+,70+,71+,72+,73+,74+/m1/s1. The molecule has 30 atom stereocenters. The van der Waals surface area contributed by atoms with Gasteiger partial charge in [0.05, 0.1) is 10.5 Å². The summed E-state index contributed by atoms with van der Waals surface area (Å²) < 4.78 is 150. The molecule has 0 bridgehead atoms. The molecule has 0 amide bonds. The minimum atomic E-state index is -1.91. The second kappa shape index (κ2) is 48.7. The van der Waals surface area contributed by atoms with Crippen LogP contribution in [-0.4, -0.2) is 327 Å². The first-order valence-electron chi connectivity index (χ1n) is 37.9. The molecule has 0 aliphatic carbocycles. The Morgan fingerprint density at radius 1 is 0.202 bits per heavy atom. The Balaban J connectivity index is 1.69. The van der Waals surface area contributed by atoms with Gasteiger partial charge >= 0.3 is 113 Å². The molecule has 0 aromatic rings. The molecule has 6 rings (SSSR count). The summed E-state index contributed by atoms with van der Waals surface area (Å²) in [4.78, 5) is 251. The summed E-state index contributed by atoms with van der Waals surface area (Å²) in [6.45, 7) is 16.3. The van der Waals surface area contributed by atoms with Gasteiger partial charge in [0.1, 0.15) is 95.8 Å². The van der Waals surface area contributed by atoms with Crippen LogP contribution in [0.25, 0.3) is 0 Å². The topological polar surface area (TPSA) is 555 Å². The van der Waals surface area contributed by atoms with E-state index in [9.17, 15) is 91.1 Å². The number of esters is 19. The molecule has 0 spiro atoms. The highest BCUT2D eigenvalue weighted by Crippen LogP contribution is 2.50. The monoisotopic (exact) mass is 1930 g/mol. The molecule has 6 fully saturated rings. The SMILES string of the molecule is CC(=O)OC[C@H]1O[C@@H](SC[C@H]2O[C@@H](SC[C@H]3O[C@@H](SC[C@H]4O[C@H](Br)[C@H](OC(C)=O)[C@@H](OC(C)=O)[C@@H]4OC(C)=O)[C@H](OC(C)=O)[C@@H](S[C@@H]4O[C@H](COC(C)=O)[C@@H](OC(C)=O)[C@H](OC(C)=O)[C@H]4OC(C)=O)[C@@H]3OC(C)=O)[C@H](OC(C)=O)[C@@H](S[C@@H]3O[C@H](COC(C)=O)[C@@H](OC(C)=O)[C@H](OC(C)=O)[C@H]3OC(C)=O)[C@@H]2OC(C)=O)[C@H](OC(C)=O)[C@@H](OC(C)=O)[C@@H]1OC(C)=O. The van der Waals surface area contributed by atoms with Gasteiger partial charge in [-0.2, -0.15) is 0 Å². The smallest absolute Gasteiger partial charge is 0.303 e. The number of thioether (sulfide) groups is 5. The maximum absolute atomic E-state index is 14.1. The summed E-state index contributed by atoms with van der Waals surface area (Å²) in [6, 6.07) is 0. The fourth-order valence-electron chi connectivity index (χ4n) is 13.7. The number of hydrogen-bond donors (Lipinski definition) is 0. The first-order chi connectivity index (χ1) is 58.0. The number of alkyl halides is 1. The number of carbonyl (C=O) groups excluding carboxylic acids is 19. The van der Waals surface area contributed by atoms with Crippen molar-refractivity contribution in [3.8, 4) is 0 Å². The molecule has 0 aromatic heterocycles. The predicted molar refractivity (Wildman–Crippen MR) is 420 cm³/mol. The van der Waals surface area contributed by atoms with Crippen molar-refractivity contribution in [1.82, 2.24) is 0 Å². The van der Waals surface area contributed by atoms with Gasteiger partial charge in [-0.3, -0.25) is 91.1 Å². The minimum absolute atomic E-state index is 0.476. The van der Waals surface area contributed by atoms with Crippen LogP contribution in [-0.2, 0) is 210 Å². The zero-order valence-corrected chi connectivity index (χ0v) is 76.1. The summed E-state index contributed by atoms with van der Waals surface area (Å²) >= 11 is 6.54. The number of rotatable bonds is 35. The second-order valence-corrected chi connectivity index (χ2v) is 34.9. The molecule has 696 valence electrons. The van der Waals surface area contributed by atoms with Gasteiger partial charge in [-0.05, 0) is 0 Å². The van der Waals surface area contributed by atoms with Crippen molar-refractivity contribution in [2.24, 2.45) is 0 Å². The fraction of sp³-hybridized carbons (Fsp3) is 0.743. The van der Waals surface area contributed by atoms with Crippen molar-refractivity contribution in [2.75, 3.05) is 37.1 Å². The third kappa shape index (κ3) is 31.7. The third-order valence-electron chi connectivity index (χ3n) is 17.6. The predicted octanol–water partition coefficient (Wildman–Crippen LogP) is 1.73. The van der Waals surface area contributed by atoms with Gasteiger partial charge in [-0.25, -0.2) is 0 Å². The molecule has 124 heavy (non-hydrogen) atoms. The first kappa shape index (κ1) is 105. The van der Waals surface area contributed by atoms with Crippen molar-refractivity contribution in [2.45, 2.75) is 309 Å². The molecule has 6 heterocycles. The Labute approximate surface area is 739 Å². The molecule has 0 unspecified atom stereocenters. The van der Waals surface area contributed by atoms with Crippen LogP contribution in [0, 0.1) is 0 Å². The lowest BCUT2D eigenvalue weighted by Crippen LogP contribution is -2.64. The zero-order chi connectivity index (χ0) is 92.7. The summed E-state index contributed by atoms with van der Waals surface area (Å²) in [6.07, 6.45) is -38.2. The minimum Gasteiger partial charge on any atom is -0.463 e. The van der Waals surface area contributed by atoms with Gasteiger partial charge < -0.3 is 118 Å². The zero-order valence-electron chi connectivity index (χ0n) is 70.4. The van der Waals surface area contributed by atoms with E-state index in [1.807, 2.05) is 0 Å². The van der Waals surface area contributed by atoms with Gasteiger partial charge in [-0.1, -0.05) is 15.9 Å². The summed E-state index contributed by atoms with van der Waals surface area (Å²) in [5.74, 6) is -20.9. The van der Waals surface area contributed by atoms with Gasteiger partial charge in [-0.15, -0.1) is 58.8 Å². The summed E-state index contributed by atoms with van der Waals surface area (Å²) in [5.41, 5.74) is -8.76. The Kier molecular flexibility index (Phi) is 41.2. The highest BCUT2D eigenvalue weighted by atomic mass is 79.9. The Morgan fingerprint density at radius 3 is 0.637 bits per heavy atom. The van der Waals surface area contributed by atoms with Crippen LogP contribution in [0.3, 0.4) is 0 Å². The van der Waals surface area contributed by atoms with E-state index in [-0.39, 0.29) is 0 Å². The summed E-state index contributed by atoms with van der Waals surface area (Å²) in [7, 11) is 0. The van der Waals surface area contributed by atoms with Crippen molar-refractivity contribution < 1.29 is 210 Å². The normalized spacial score (nSPS) is 33.1. The molecule has 0 radical (unpaired) electrons. The van der Waals surface area contributed by atoms with Crippen LogP contribution in [0.5, 0.6) is 0 Å². The maximum Gasteiger partial charge on any atom is 0.303 e. The van der Waals surface area contributed by atoms with Crippen molar-refractivity contribution in [3.63, 3.8) is 0 Å². The molecule has 6 aliphatic heterocycles. The van der Waals surface area contributed by atoms with Gasteiger partial charge in [0.2, 0.25) is 0 Å². The van der Waals surface area contributed by atoms with E-state index in [1.165, 1.54) is 0 Å². The lowest BCUT2D eigenvalue weighted by atomic mass is 9.99. The van der Waals surface area contributed by atoms with E-state index in [0.717, 1.165) is 143 Å². The van der Waals surface area contributed by atoms with E-state index < -0.39 is 327 Å². The average Bonchev–Trinajstić information content (AvgIpc) is 0.759. The molecule has 50 heteroatoms. The van der Waals surface area contributed by atoms with E-state index in [2.05, 4.69) is 15.9 Å². The lowest BCUT2D eigenvalue weighted by Gasteiger charge is -2.50. The molecular weight excluding hydrogens is 1830 g/mol. The van der Waals surface area contributed by atoms with Crippen molar-refractivity contribution in [3.05, 3.63) is 0 Å². The Morgan fingerprint density at radius 2 is 0.379 bits per heavy atom. The number of ether oxygens (including phenoxy) is 25. The Bertz CT molecular complexity index is 3870.